The van der Waals surface area contributed by atoms with Crippen molar-refractivity contribution in [2.75, 3.05) is 38.0 Å². The summed E-state index contributed by atoms with van der Waals surface area (Å²) >= 11 is 0.968. The smallest absolute Gasteiger partial charge is 0.271 e. The lowest BCUT2D eigenvalue weighted by atomic mass is 10.2. The van der Waals surface area contributed by atoms with Crippen LogP contribution in [0.4, 0.5) is 11.4 Å². The van der Waals surface area contributed by atoms with Crippen molar-refractivity contribution in [3.05, 3.63) is 52.1 Å². The first-order valence-electron chi connectivity index (χ1n) is 9.74. The van der Waals surface area contributed by atoms with Gasteiger partial charge < -0.3 is 5.32 Å². The molecule has 1 N–H and O–H groups in total. The number of carbonyl (C=O) groups excluding carboxylic acids is 1. The van der Waals surface area contributed by atoms with E-state index in [1.54, 1.807) is 25.1 Å². The highest BCUT2D eigenvalue weighted by atomic mass is 32.2. The standard InChI is InChI=1S/C19H20N6O5S2/c1-13-5-6-14(25(27)28)11-16(13)20-18(26)12-23-7-9-24(10-8-23)32(29,30)17-4-2-3-15-19(17)22-31-21-15/h2-6,11H,7-10,12H2,1H3,(H,20,26). The fourth-order valence-electron chi connectivity index (χ4n) is 3.51. The highest BCUT2D eigenvalue weighted by molar-refractivity contribution is 7.89. The number of nitro groups is 1. The number of nitrogens with one attached hydrogen (secondary N) is 1. The first-order valence-corrected chi connectivity index (χ1v) is 11.9. The Balaban J connectivity index is 1.38. The average Bonchev–Trinajstić information content (AvgIpc) is 3.24. The van der Waals surface area contributed by atoms with Crippen LogP contribution in [-0.4, -0.2) is 69.9 Å². The molecule has 0 radical (unpaired) electrons. The molecule has 0 unspecified atom stereocenters. The Morgan fingerprint density at radius 1 is 1.19 bits per heavy atom. The number of nitrogens with zero attached hydrogens (tertiary/aromatic N) is 5. The highest BCUT2D eigenvalue weighted by Crippen LogP contribution is 2.25. The van der Waals surface area contributed by atoms with E-state index in [0.29, 0.717) is 35.4 Å². The van der Waals surface area contributed by atoms with E-state index in [1.165, 1.54) is 22.5 Å². The fourth-order valence-corrected chi connectivity index (χ4v) is 5.68. The quantitative estimate of drug-likeness (QED) is 0.420. The predicted octanol–water partition coefficient (Wildman–Crippen LogP) is 1.85. The number of rotatable bonds is 6. The molecule has 0 saturated carbocycles. The van der Waals surface area contributed by atoms with E-state index in [9.17, 15) is 23.3 Å². The second-order valence-corrected chi connectivity index (χ2v) is 9.81. The molecule has 2 heterocycles. The van der Waals surface area contributed by atoms with Crippen LogP contribution >= 0.6 is 11.7 Å². The Labute approximate surface area is 188 Å². The summed E-state index contributed by atoms with van der Waals surface area (Å²) in [6, 6.07) is 9.18. The minimum Gasteiger partial charge on any atom is -0.324 e. The van der Waals surface area contributed by atoms with Gasteiger partial charge in [-0.1, -0.05) is 12.1 Å². The zero-order valence-corrected chi connectivity index (χ0v) is 18.7. The number of benzene rings is 2. The monoisotopic (exact) mass is 476 g/mol. The molecule has 1 saturated heterocycles. The van der Waals surface area contributed by atoms with Gasteiger partial charge in [0.15, 0.2) is 0 Å². The van der Waals surface area contributed by atoms with Crippen molar-refractivity contribution in [3.8, 4) is 0 Å². The van der Waals surface area contributed by atoms with Crippen molar-refractivity contribution in [1.82, 2.24) is 18.0 Å². The second kappa shape index (κ2) is 8.86. The lowest BCUT2D eigenvalue weighted by molar-refractivity contribution is -0.384. The maximum atomic E-state index is 13.1. The van der Waals surface area contributed by atoms with Crippen LogP contribution in [0.15, 0.2) is 41.3 Å². The second-order valence-electron chi connectivity index (χ2n) is 7.37. The van der Waals surface area contributed by atoms with Crippen LogP contribution in [-0.2, 0) is 14.8 Å². The molecule has 3 aromatic rings. The molecule has 4 rings (SSSR count). The minimum atomic E-state index is -3.73. The summed E-state index contributed by atoms with van der Waals surface area (Å²) < 4.78 is 35.8. The van der Waals surface area contributed by atoms with Crippen molar-refractivity contribution < 1.29 is 18.1 Å². The first-order chi connectivity index (χ1) is 15.3. The van der Waals surface area contributed by atoms with Crippen LogP contribution in [0.1, 0.15) is 5.56 Å². The van der Waals surface area contributed by atoms with Crippen LogP contribution in [0.25, 0.3) is 11.0 Å². The summed E-state index contributed by atoms with van der Waals surface area (Å²) in [5.41, 5.74) is 1.91. The molecule has 1 amide bonds. The molecule has 168 valence electrons. The number of aromatic nitrogens is 2. The summed E-state index contributed by atoms with van der Waals surface area (Å²) in [6.45, 7) is 3.04. The molecular formula is C19H20N6O5S2. The van der Waals surface area contributed by atoms with Crippen molar-refractivity contribution in [3.63, 3.8) is 0 Å². The van der Waals surface area contributed by atoms with Crippen LogP contribution in [0.3, 0.4) is 0 Å². The Kier molecular flexibility index (Phi) is 6.15. The van der Waals surface area contributed by atoms with Gasteiger partial charge in [-0.2, -0.15) is 13.1 Å². The summed E-state index contributed by atoms with van der Waals surface area (Å²) in [6.07, 6.45) is 0. The van der Waals surface area contributed by atoms with Gasteiger partial charge in [0.1, 0.15) is 15.9 Å². The number of hydrogen-bond acceptors (Lipinski definition) is 9. The summed E-state index contributed by atoms with van der Waals surface area (Å²) in [4.78, 5) is 24.9. The van der Waals surface area contributed by atoms with Crippen molar-refractivity contribution in [2.45, 2.75) is 11.8 Å². The van der Waals surface area contributed by atoms with E-state index in [2.05, 4.69) is 14.1 Å². The Hall–Kier alpha value is -3.00. The lowest BCUT2D eigenvalue weighted by Crippen LogP contribution is -2.50. The van der Waals surface area contributed by atoms with Crippen LogP contribution < -0.4 is 5.32 Å². The number of aryl methyl sites for hydroxylation is 1. The van der Waals surface area contributed by atoms with Crippen LogP contribution in [0.5, 0.6) is 0 Å². The van der Waals surface area contributed by atoms with E-state index in [-0.39, 0.29) is 36.1 Å². The van der Waals surface area contributed by atoms with Gasteiger partial charge in [-0.25, -0.2) is 8.42 Å². The fraction of sp³-hybridized carbons (Fsp3) is 0.316. The maximum absolute atomic E-state index is 13.1. The van der Waals surface area contributed by atoms with Gasteiger partial charge in [0, 0.05) is 38.3 Å². The molecule has 0 atom stereocenters. The number of piperazine rings is 1. The minimum absolute atomic E-state index is 0.0572. The zero-order valence-electron chi connectivity index (χ0n) is 17.1. The number of anilines is 1. The van der Waals surface area contributed by atoms with E-state index < -0.39 is 14.9 Å². The number of hydrogen-bond donors (Lipinski definition) is 1. The molecule has 11 nitrogen and oxygen atoms in total. The molecule has 13 heteroatoms. The number of amides is 1. The van der Waals surface area contributed by atoms with E-state index >= 15 is 0 Å². The maximum Gasteiger partial charge on any atom is 0.271 e. The van der Waals surface area contributed by atoms with Crippen LogP contribution in [0.2, 0.25) is 0 Å². The van der Waals surface area contributed by atoms with Gasteiger partial charge in [-0.15, -0.1) is 0 Å². The normalized spacial score (nSPS) is 15.7. The summed E-state index contributed by atoms with van der Waals surface area (Å²) in [5, 5.41) is 13.7. The number of carbonyl (C=O) groups is 1. The van der Waals surface area contributed by atoms with Gasteiger partial charge in [0.2, 0.25) is 15.9 Å². The zero-order chi connectivity index (χ0) is 22.9. The lowest BCUT2D eigenvalue weighted by Gasteiger charge is -2.33. The van der Waals surface area contributed by atoms with Gasteiger partial charge in [0.25, 0.3) is 5.69 Å². The summed E-state index contributed by atoms with van der Waals surface area (Å²) in [7, 11) is -3.73. The molecule has 0 bridgehead atoms. The largest absolute Gasteiger partial charge is 0.324 e. The van der Waals surface area contributed by atoms with Gasteiger partial charge >= 0.3 is 0 Å². The topological polar surface area (TPSA) is 139 Å². The molecule has 1 aliphatic rings. The summed E-state index contributed by atoms with van der Waals surface area (Å²) in [5.74, 6) is -0.316. The molecule has 0 aliphatic carbocycles. The predicted molar refractivity (Wildman–Crippen MR) is 119 cm³/mol. The third-order valence-corrected chi connectivity index (χ3v) is 7.74. The van der Waals surface area contributed by atoms with Crippen molar-refractivity contribution in [1.29, 1.82) is 0 Å². The molecule has 32 heavy (non-hydrogen) atoms. The molecule has 1 aliphatic heterocycles. The number of non-ortho nitro benzene ring substituents is 1. The Bertz CT molecular complexity index is 1280. The first kappa shape index (κ1) is 22.2. The molecule has 2 aromatic carbocycles. The Morgan fingerprint density at radius 2 is 1.94 bits per heavy atom. The Morgan fingerprint density at radius 3 is 2.66 bits per heavy atom. The molecule has 0 spiro atoms. The van der Waals surface area contributed by atoms with Gasteiger partial charge in [-0.05, 0) is 24.6 Å². The third kappa shape index (κ3) is 4.46. The molecule has 1 aromatic heterocycles. The van der Waals surface area contributed by atoms with E-state index in [1.807, 2.05) is 4.90 Å². The van der Waals surface area contributed by atoms with Crippen molar-refractivity contribution >= 4 is 50.1 Å². The van der Waals surface area contributed by atoms with E-state index in [0.717, 1.165) is 11.7 Å². The van der Waals surface area contributed by atoms with E-state index in [4.69, 9.17) is 0 Å². The molecule has 1 fully saturated rings. The van der Waals surface area contributed by atoms with Crippen LogP contribution in [0, 0.1) is 17.0 Å². The number of fused-ring (bicyclic) bond motifs is 1. The average molecular weight is 477 g/mol. The SMILES string of the molecule is Cc1ccc([N+](=O)[O-])cc1NC(=O)CN1CCN(S(=O)(=O)c2cccc3nsnc23)CC1. The van der Waals surface area contributed by atoms with Gasteiger partial charge in [-0.3, -0.25) is 19.8 Å². The number of nitro benzene ring substituents is 1. The van der Waals surface area contributed by atoms with Crippen molar-refractivity contribution in [2.24, 2.45) is 0 Å². The number of sulfonamides is 1. The van der Waals surface area contributed by atoms with Gasteiger partial charge in [0.05, 0.1) is 28.9 Å². The third-order valence-electron chi connectivity index (χ3n) is 5.27. The highest BCUT2D eigenvalue weighted by Gasteiger charge is 2.31. The molecular weight excluding hydrogens is 456 g/mol.